The summed E-state index contributed by atoms with van der Waals surface area (Å²) in [6.45, 7) is 1.93. The highest BCUT2D eigenvalue weighted by Gasteiger charge is 1.95. The van der Waals surface area contributed by atoms with Gasteiger partial charge in [-0.2, -0.15) is 0 Å². The molecule has 0 unspecified atom stereocenters. The minimum atomic E-state index is -0.563. The molecule has 4 nitrogen and oxygen atoms in total. The second-order valence-electron chi connectivity index (χ2n) is 2.71. The zero-order chi connectivity index (χ0) is 11.1. The third kappa shape index (κ3) is 3.79. The summed E-state index contributed by atoms with van der Waals surface area (Å²) in [7, 11) is 0. The molecule has 1 heterocycles. The summed E-state index contributed by atoms with van der Waals surface area (Å²) in [5.74, 6) is 4.36. The van der Waals surface area contributed by atoms with E-state index in [9.17, 15) is 4.79 Å². The van der Waals surface area contributed by atoms with Crippen molar-refractivity contribution in [3.63, 3.8) is 0 Å². The van der Waals surface area contributed by atoms with Crippen LogP contribution in [0.25, 0.3) is 0 Å². The maximum Gasteiger partial charge on any atom is 0.384 e. The van der Waals surface area contributed by atoms with Gasteiger partial charge in [0.15, 0.2) is 0 Å². The number of hydrogen-bond donors (Lipinski definition) is 1. The molecule has 78 valence electrons. The molecule has 1 N–H and O–H groups in total. The molecule has 0 saturated carbocycles. The zero-order valence-corrected chi connectivity index (χ0v) is 8.36. The van der Waals surface area contributed by atoms with Gasteiger partial charge in [0.1, 0.15) is 0 Å². The van der Waals surface area contributed by atoms with Crippen LogP contribution in [0, 0.1) is 11.8 Å². The maximum atomic E-state index is 10.9. The molecule has 0 amide bonds. The molecule has 15 heavy (non-hydrogen) atoms. The standard InChI is InChI=1S/C11H11NO3/c1-2-15-11(14)4-3-9-5-10(8-13)7-12-6-9/h5-7,13H,2,8H2,1H3. The van der Waals surface area contributed by atoms with Gasteiger partial charge in [-0.15, -0.1) is 0 Å². The molecule has 1 aromatic rings. The lowest BCUT2D eigenvalue weighted by atomic mass is 10.2. The molecule has 1 rings (SSSR count). The smallest absolute Gasteiger partial charge is 0.384 e. The Morgan fingerprint density at radius 1 is 1.60 bits per heavy atom. The highest BCUT2D eigenvalue weighted by molar-refractivity contribution is 5.89. The lowest BCUT2D eigenvalue weighted by Gasteiger charge is -1.95. The van der Waals surface area contributed by atoms with Crippen LogP contribution >= 0.6 is 0 Å². The van der Waals surface area contributed by atoms with Gasteiger partial charge in [-0.25, -0.2) is 4.79 Å². The average Bonchev–Trinajstić information content (AvgIpc) is 2.27. The van der Waals surface area contributed by atoms with Gasteiger partial charge in [-0.05, 0) is 18.6 Å². The van der Waals surface area contributed by atoms with Crippen LogP contribution < -0.4 is 0 Å². The number of aliphatic hydroxyl groups is 1. The van der Waals surface area contributed by atoms with Crippen molar-refractivity contribution in [3.8, 4) is 11.8 Å². The predicted octanol–water partition coefficient (Wildman–Crippen LogP) is 0.489. The molecule has 0 aliphatic carbocycles. The monoisotopic (exact) mass is 205 g/mol. The Labute approximate surface area is 87.9 Å². The summed E-state index contributed by atoms with van der Waals surface area (Å²) >= 11 is 0. The lowest BCUT2D eigenvalue weighted by Crippen LogP contribution is -1.99. The van der Waals surface area contributed by atoms with Crippen LogP contribution in [0.2, 0.25) is 0 Å². The Bertz CT molecular complexity index is 404. The number of nitrogens with zero attached hydrogens (tertiary/aromatic N) is 1. The second kappa shape index (κ2) is 5.78. The van der Waals surface area contributed by atoms with Gasteiger partial charge in [-0.1, -0.05) is 5.92 Å². The fourth-order valence-electron chi connectivity index (χ4n) is 0.933. The molecule has 4 heteroatoms. The topological polar surface area (TPSA) is 59.4 Å². The number of rotatable bonds is 2. The SMILES string of the molecule is CCOC(=O)C#Cc1cncc(CO)c1. The second-order valence-corrected chi connectivity index (χ2v) is 2.71. The lowest BCUT2D eigenvalue weighted by molar-refractivity contribution is -0.136. The van der Waals surface area contributed by atoms with Crippen molar-refractivity contribution in [2.75, 3.05) is 6.61 Å². The van der Waals surface area contributed by atoms with E-state index in [1.54, 1.807) is 13.0 Å². The Hall–Kier alpha value is -1.86. The van der Waals surface area contributed by atoms with Gasteiger partial charge < -0.3 is 9.84 Å². The molecule has 1 aromatic heterocycles. The third-order valence-electron chi connectivity index (χ3n) is 1.56. The van der Waals surface area contributed by atoms with Crippen LogP contribution in [-0.4, -0.2) is 22.7 Å². The van der Waals surface area contributed by atoms with Crippen molar-refractivity contribution in [3.05, 3.63) is 29.6 Å². The van der Waals surface area contributed by atoms with Gasteiger partial charge >= 0.3 is 5.97 Å². The molecule has 0 bridgehead atoms. The van der Waals surface area contributed by atoms with Crippen LogP contribution in [0.1, 0.15) is 18.1 Å². The number of aliphatic hydroxyl groups excluding tert-OH is 1. The molecular formula is C11H11NO3. The van der Waals surface area contributed by atoms with Gasteiger partial charge in [0.2, 0.25) is 0 Å². The molecule has 0 aliphatic rings. The number of aromatic nitrogens is 1. The van der Waals surface area contributed by atoms with Gasteiger partial charge in [0, 0.05) is 23.9 Å². The van der Waals surface area contributed by atoms with E-state index in [0.29, 0.717) is 17.7 Å². The predicted molar refractivity (Wildman–Crippen MR) is 53.7 cm³/mol. The fourth-order valence-corrected chi connectivity index (χ4v) is 0.933. The summed E-state index contributed by atoms with van der Waals surface area (Å²) in [6, 6.07) is 1.67. The Morgan fingerprint density at radius 3 is 3.07 bits per heavy atom. The van der Waals surface area contributed by atoms with E-state index in [0.717, 1.165) is 0 Å². The molecule has 0 radical (unpaired) electrons. The van der Waals surface area contributed by atoms with E-state index in [2.05, 4.69) is 21.6 Å². The zero-order valence-electron chi connectivity index (χ0n) is 8.36. The van der Waals surface area contributed by atoms with Gasteiger partial charge in [0.05, 0.1) is 13.2 Å². The van der Waals surface area contributed by atoms with Crippen LogP contribution in [0.15, 0.2) is 18.5 Å². The van der Waals surface area contributed by atoms with Gasteiger partial charge in [0.25, 0.3) is 0 Å². The van der Waals surface area contributed by atoms with E-state index in [1.807, 2.05) is 0 Å². The molecule has 0 spiro atoms. The summed E-state index contributed by atoms with van der Waals surface area (Å²) in [5, 5.41) is 8.84. The van der Waals surface area contributed by atoms with E-state index < -0.39 is 5.97 Å². The molecule has 0 atom stereocenters. The van der Waals surface area contributed by atoms with E-state index in [4.69, 9.17) is 5.11 Å². The third-order valence-corrected chi connectivity index (χ3v) is 1.56. The summed E-state index contributed by atoms with van der Waals surface area (Å²) < 4.78 is 4.64. The minimum absolute atomic E-state index is 0.0953. The Morgan fingerprint density at radius 2 is 2.40 bits per heavy atom. The first-order valence-electron chi connectivity index (χ1n) is 4.49. The van der Waals surface area contributed by atoms with Crippen molar-refractivity contribution >= 4 is 5.97 Å². The molecule has 0 saturated heterocycles. The largest absolute Gasteiger partial charge is 0.456 e. The van der Waals surface area contributed by atoms with Crippen LogP contribution in [0.3, 0.4) is 0 Å². The number of esters is 1. The number of pyridine rings is 1. The minimum Gasteiger partial charge on any atom is -0.456 e. The summed E-state index contributed by atoms with van der Waals surface area (Å²) in [5.41, 5.74) is 1.24. The quantitative estimate of drug-likeness (QED) is 0.564. The number of carbonyl (C=O) groups is 1. The Balaban J connectivity index is 2.75. The van der Waals surface area contributed by atoms with Crippen molar-refractivity contribution in [2.24, 2.45) is 0 Å². The van der Waals surface area contributed by atoms with Crippen LogP contribution in [0.4, 0.5) is 0 Å². The number of hydrogen-bond acceptors (Lipinski definition) is 4. The molecule has 0 aromatic carbocycles. The average molecular weight is 205 g/mol. The molecule has 0 fully saturated rings. The first-order valence-corrected chi connectivity index (χ1v) is 4.49. The van der Waals surface area contributed by atoms with Crippen molar-refractivity contribution in [1.29, 1.82) is 0 Å². The molecule has 0 aliphatic heterocycles. The molecular weight excluding hydrogens is 194 g/mol. The highest BCUT2D eigenvalue weighted by atomic mass is 16.5. The number of ether oxygens (including phenoxy) is 1. The van der Waals surface area contributed by atoms with Crippen molar-refractivity contribution in [2.45, 2.75) is 13.5 Å². The Kier molecular flexibility index (Phi) is 4.32. The van der Waals surface area contributed by atoms with Crippen LogP contribution in [-0.2, 0) is 16.1 Å². The van der Waals surface area contributed by atoms with Gasteiger partial charge in [-0.3, -0.25) is 4.98 Å². The normalized spacial score (nSPS) is 8.93. The van der Waals surface area contributed by atoms with Crippen molar-refractivity contribution in [1.82, 2.24) is 4.98 Å². The van der Waals surface area contributed by atoms with Crippen molar-refractivity contribution < 1.29 is 14.6 Å². The van der Waals surface area contributed by atoms with Crippen LogP contribution in [0.5, 0.6) is 0 Å². The summed E-state index contributed by atoms with van der Waals surface area (Å²) in [4.78, 5) is 14.8. The number of carbonyl (C=O) groups excluding carboxylic acids is 1. The first kappa shape index (κ1) is 11.2. The highest BCUT2D eigenvalue weighted by Crippen LogP contribution is 2.00. The first-order chi connectivity index (χ1) is 7.26. The fraction of sp³-hybridized carbons (Fsp3) is 0.273. The van der Waals surface area contributed by atoms with E-state index in [1.165, 1.54) is 12.4 Å². The summed E-state index contributed by atoms with van der Waals surface area (Å²) in [6.07, 6.45) is 3.06. The van der Waals surface area contributed by atoms with E-state index in [-0.39, 0.29) is 6.61 Å². The van der Waals surface area contributed by atoms with E-state index >= 15 is 0 Å². The maximum absolute atomic E-state index is 10.9.